The third-order valence-electron chi connectivity index (χ3n) is 5.35. The molecule has 0 radical (unpaired) electrons. The van der Waals surface area contributed by atoms with Gasteiger partial charge in [0.05, 0.1) is 23.6 Å². The Morgan fingerprint density at radius 1 is 1.26 bits per heavy atom. The van der Waals surface area contributed by atoms with Crippen molar-refractivity contribution in [2.24, 2.45) is 18.0 Å². The van der Waals surface area contributed by atoms with E-state index in [0.29, 0.717) is 17.3 Å². The first-order valence-corrected chi connectivity index (χ1v) is 11.4. The molecule has 31 heavy (non-hydrogen) atoms. The minimum Gasteiger partial charge on any atom is -0.465 e. The molecule has 8 heteroatoms. The number of thiophene rings is 1. The van der Waals surface area contributed by atoms with Crippen molar-refractivity contribution in [3.8, 4) is 10.6 Å². The predicted molar refractivity (Wildman–Crippen MR) is 124 cm³/mol. The molecule has 0 unspecified atom stereocenters. The second-order valence-electron chi connectivity index (χ2n) is 8.22. The Labute approximate surface area is 190 Å². The molecule has 0 saturated carbocycles. The summed E-state index contributed by atoms with van der Waals surface area (Å²) in [6, 6.07) is 7.17. The number of carbonyl (C=O) groups excluding carboxylic acids is 1. The fourth-order valence-corrected chi connectivity index (χ4v) is 5.04. The summed E-state index contributed by atoms with van der Waals surface area (Å²) in [7, 11) is 1.88. The standard InChI is InChI=1S/C23H25ClN4O2S/c1-12(2)11-30-18(29)10-17-21-22(28(5)27-26-21)23-19(13(3)14(4)31-23)20(25-17)15-6-8-16(24)9-7-15/h6-9,12,17H,10-11H2,1-5H3/t17-/m0/s1. The zero-order chi connectivity index (χ0) is 22.3. The normalized spacial score (nSPS) is 15.3. The first-order valence-electron chi connectivity index (χ1n) is 10.3. The number of benzene rings is 1. The highest BCUT2D eigenvalue weighted by molar-refractivity contribution is 7.16. The molecule has 162 valence electrons. The smallest absolute Gasteiger partial charge is 0.308 e. The van der Waals surface area contributed by atoms with E-state index in [4.69, 9.17) is 21.3 Å². The Kier molecular flexibility index (Phi) is 5.99. The van der Waals surface area contributed by atoms with Crippen LogP contribution in [0.15, 0.2) is 29.3 Å². The molecule has 0 saturated heterocycles. The molecule has 3 heterocycles. The molecule has 0 spiro atoms. The zero-order valence-electron chi connectivity index (χ0n) is 18.3. The maximum atomic E-state index is 12.6. The second-order valence-corrected chi connectivity index (χ2v) is 9.88. The van der Waals surface area contributed by atoms with Crippen molar-refractivity contribution in [1.82, 2.24) is 15.0 Å². The van der Waals surface area contributed by atoms with E-state index < -0.39 is 6.04 Å². The van der Waals surface area contributed by atoms with Crippen LogP contribution in [-0.2, 0) is 16.6 Å². The molecule has 0 bridgehead atoms. The average Bonchev–Trinajstić information content (AvgIpc) is 3.19. The first kappa shape index (κ1) is 21.7. The predicted octanol–water partition coefficient (Wildman–Crippen LogP) is 5.30. The van der Waals surface area contributed by atoms with Crippen molar-refractivity contribution < 1.29 is 9.53 Å². The number of fused-ring (bicyclic) bond motifs is 3. The molecule has 0 amide bonds. The van der Waals surface area contributed by atoms with Crippen molar-refractivity contribution in [2.75, 3.05) is 6.61 Å². The van der Waals surface area contributed by atoms with E-state index >= 15 is 0 Å². The number of esters is 1. The van der Waals surface area contributed by atoms with Crippen LogP contribution in [0, 0.1) is 19.8 Å². The summed E-state index contributed by atoms with van der Waals surface area (Å²) in [5.74, 6) is -0.0106. The van der Waals surface area contributed by atoms with Crippen LogP contribution in [0.1, 0.15) is 53.6 Å². The van der Waals surface area contributed by atoms with E-state index in [-0.39, 0.29) is 18.3 Å². The summed E-state index contributed by atoms with van der Waals surface area (Å²) >= 11 is 7.84. The maximum Gasteiger partial charge on any atom is 0.308 e. The molecule has 4 rings (SSSR count). The number of carbonyl (C=O) groups is 1. The minimum absolute atomic E-state index is 0.114. The van der Waals surface area contributed by atoms with Crippen LogP contribution in [-0.4, -0.2) is 33.3 Å². The fourth-order valence-electron chi connectivity index (χ4n) is 3.67. The van der Waals surface area contributed by atoms with E-state index in [1.807, 2.05) is 45.2 Å². The summed E-state index contributed by atoms with van der Waals surface area (Å²) in [6.07, 6.45) is 0.114. The van der Waals surface area contributed by atoms with Gasteiger partial charge in [-0.3, -0.25) is 9.79 Å². The second kappa shape index (κ2) is 8.55. The van der Waals surface area contributed by atoms with E-state index in [9.17, 15) is 4.79 Å². The van der Waals surface area contributed by atoms with Crippen molar-refractivity contribution in [3.05, 3.63) is 56.5 Å². The van der Waals surface area contributed by atoms with Crippen LogP contribution in [0.2, 0.25) is 5.02 Å². The van der Waals surface area contributed by atoms with Gasteiger partial charge in [0, 0.05) is 28.1 Å². The lowest BCUT2D eigenvalue weighted by Gasteiger charge is -2.13. The van der Waals surface area contributed by atoms with Gasteiger partial charge < -0.3 is 4.74 Å². The van der Waals surface area contributed by atoms with Gasteiger partial charge in [-0.1, -0.05) is 42.8 Å². The number of nitrogens with zero attached hydrogens (tertiary/aromatic N) is 4. The zero-order valence-corrected chi connectivity index (χ0v) is 19.8. The van der Waals surface area contributed by atoms with Gasteiger partial charge in [-0.15, -0.1) is 16.4 Å². The van der Waals surface area contributed by atoms with Crippen LogP contribution >= 0.6 is 22.9 Å². The van der Waals surface area contributed by atoms with Gasteiger partial charge in [0.1, 0.15) is 17.4 Å². The summed E-state index contributed by atoms with van der Waals surface area (Å²) in [5.41, 5.74) is 5.64. The Morgan fingerprint density at radius 3 is 2.65 bits per heavy atom. The van der Waals surface area contributed by atoms with E-state index in [1.54, 1.807) is 16.0 Å². The van der Waals surface area contributed by atoms with Gasteiger partial charge >= 0.3 is 5.97 Å². The summed E-state index contributed by atoms with van der Waals surface area (Å²) in [6.45, 7) is 8.63. The average molecular weight is 457 g/mol. The summed E-state index contributed by atoms with van der Waals surface area (Å²) in [5, 5.41) is 9.33. The number of aryl methyl sites for hydroxylation is 2. The van der Waals surface area contributed by atoms with E-state index in [0.717, 1.165) is 27.4 Å². The lowest BCUT2D eigenvalue weighted by Crippen LogP contribution is -2.14. The number of aliphatic imine (C=N–C) groups is 1. The first-order chi connectivity index (χ1) is 14.8. The van der Waals surface area contributed by atoms with Gasteiger partial charge in [0.15, 0.2) is 0 Å². The Bertz CT molecular complexity index is 1160. The van der Waals surface area contributed by atoms with E-state index in [2.05, 4.69) is 24.2 Å². The summed E-state index contributed by atoms with van der Waals surface area (Å²) < 4.78 is 7.22. The summed E-state index contributed by atoms with van der Waals surface area (Å²) in [4.78, 5) is 20.0. The molecule has 2 aromatic heterocycles. The molecule has 0 aliphatic carbocycles. The Balaban J connectivity index is 1.87. The number of rotatable bonds is 5. The molecule has 1 aliphatic rings. The number of hydrogen-bond donors (Lipinski definition) is 0. The molecular formula is C23H25ClN4O2S. The third kappa shape index (κ3) is 4.16. The monoisotopic (exact) mass is 456 g/mol. The van der Waals surface area contributed by atoms with Crippen molar-refractivity contribution in [3.63, 3.8) is 0 Å². The van der Waals surface area contributed by atoms with Crippen LogP contribution in [0.4, 0.5) is 0 Å². The number of ether oxygens (including phenoxy) is 1. The SMILES string of the molecule is Cc1sc2c(c1C)C(c1ccc(Cl)cc1)=N[C@@H](CC(=O)OCC(C)C)c1nnn(C)c1-2. The highest BCUT2D eigenvalue weighted by atomic mass is 35.5. The van der Waals surface area contributed by atoms with Crippen molar-refractivity contribution in [1.29, 1.82) is 0 Å². The molecule has 1 aromatic carbocycles. The molecule has 3 aromatic rings. The number of aromatic nitrogens is 3. The molecule has 1 atom stereocenters. The topological polar surface area (TPSA) is 69.4 Å². The maximum absolute atomic E-state index is 12.6. The Morgan fingerprint density at radius 2 is 1.97 bits per heavy atom. The quantitative estimate of drug-likeness (QED) is 0.489. The number of halogens is 1. The molecule has 0 N–H and O–H groups in total. The van der Waals surface area contributed by atoms with Crippen LogP contribution in [0.25, 0.3) is 10.6 Å². The lowest BCUT2D eigenvalue weighted by molar-refractivity contribution is -0.145. The van der Waals surface area contributed by atoms with Gasteiger partial charge in [-0.2, -0.15) is 0 Å². The van der Waals surface area contributed by atoms with Crippen LogP contribution in [0.5, 0.6) is 0 Å². The minimum atomic E-state index is -0.478. The van der Waals surface area contributed by atoms with Crippen LogP contribution in [0.3, 0.4) is 0 Å². The molecular weight excluding hydrogens is 432 g/mol. The molecule has 0 fully saturated rings. The Hall–Kier alpha value is -2.51. The highest BCUT2D eigenvalue weighted by Crippen LogP contribution is 2.44. The van der Waals surface area contributed by atoms with Crippen molar-refractivity contribution in [2.45, 2.75) is 40.2 Å². The fraction of sp³-hybridized carbons (Fsp3) is 0.391. The van der Waals surface area contributed by atoms with Crippen molar-refractivity contribution >= 4 is 34.6 Å². The van der Waals surface area contributed by atoms with Gasteiger partial charge in [0.2, 0.25) is 0 Å². The van der Waals surface area contributed by atoms with Gasteiger partial charge in [-0.25, -0.2) is 4.68 Å². The van der Waals surface area contributed by atoms with Crippen LogP contribution < -0.4 is 0 Å². The number of hydrogen-bond acceptors (Lipinski definition) is 6. The highest BCUT2D eigenvalue weighted by Gasteiger charge is 2.33. The van der Waals surface area contributed by atoms with Gasteiger partial charge in [0.25, 0.3) is 0 Å². The molecule has 1 aliphatic heterocycles. The largest absolute Gasteiger partial charge is 0.465 e. The van der Waals surface area contributed by atoms with E-state index in [1.165, 1.54) is 10.4 Å². The lowest BCUT2D eigenvalue weighted by atomic mass is 9.98. The molecule has 6 nitrogen and oxygen atoms in total. The van der Waals surface area contributed by atoms with Gasteiger partial charge in [-0.05, 0) is 37.5 Å². The third-order valence-corrected chi connectivity index (χ3v) is 6.81.